The highest BCUT2D eigenvalue weighted by molar-refractivity contribution is 7.92. The van der Waals surface area contributed by atoms with Crippen molar-refractivity contribution in [3.8, 4) is 5.69 Å². The fourth-order valence-corrected chi connectivity index (χ4v) is 5.52. The predicted octanol–water partition coefficient (Wildman–Crippen LogP) is 4.58. The van der Waals surface area contributed by atoms with Crippen LogP contribution in [0, 0.1) is 5.82 Å². The molecule has 9 heteroatoms. The number of sulfonamides is 1. The first kappa shape index (κ1) is 22.8. The van der Waals surface area contributed by atoms with Gasteiger partial charge in [0.05, 0.1) is 16.3 Å². The van der Waals surface area contributed by atoms with E-state index >= 15 is 0 Å². The van der Waals surface area contributed by atoms with E-state index in [0.29, 0.717) is 17.1 Å². The summed E-state index contributed by atoms with van der Waals surface area (Å²) in [6, 6.07) is 20.9. The average molecular weight is 491 g/mol. The average Bonchev–Trinajstić information content (AvgIpc) is 3.48. The van der Waals surface area contributed by atoms with E-state index in [1.165, 1.54) is 35.6 Å². The summed E-state index contributed by atoms with van der Waals surface area (Å²) in [6.45, 7) is 0. The molecule has 1 heterocycles. The van der Waals surface area contributed by atoms with Crippen LogP contribution in [0.1, 0.15) is 28.2 Å². The van der Waals surface area contributed by atoms with Gasteiger partial charge in [0.1, 0.15) is 5.82 Å². The van der Waals surface area contributed by atoms with Crippen molar-refractivity contribution in [1.82, 2.24) is 9.78 Å². The molecule has 5 rings (SSSR count). The molecule has 1 aliphatic carbocycles. The van der Waals surface area contributed by atoms with E-state index in [4.69, 9.17) is 0 Å². The first-order valence-corrected chi connectivity index (χ1v) is 12.6. The van der Waals surface area contributed by atoms with E-state index in [9.17, 15) is 17.6 Å². The topological polar surface area (TPSA) is 84.3 Å². The quantitative estimate of drug-likeness (QED) is 0.429. The molecule has 7 nitrogen and oxygen atoms in total. The smallest absolute Gasteiger partial charge is 0.276 e. The Kier molecular flexibility index (Phi) is 5.86. The second-order valence-corrected chi connectivity index (χ2v) is 10.3. The summed E-state index contributed by atoms with van der Waals surface area (Å²) in [4.78, 5) is 13.2. The molecule has 0 saturated heterocycles. The maximum atomic E-state index is 13.4. The second kappa shape index (κ2) is 8.99. The van der Waals surface area contributed by atoms with Gasteiger partial charge in [0.25, 0.3) is 15.9 Å². The number of hydrogen-bond donors (Lipinski definition) is 1. The summed E-state index contributed by atoms with van der Waals surface area (Å²) < 4.78 is 42.6. The summed E-state index contributed by atoms with van der Waals surface area (Å²) in [6.07, 6.45) is 2.39. The van der Waals surface area contributed by atoms with Crippen molar-refractivity contribution in [2.45, 2.75) is 24.2 Å². The van der Waals surface area contributed by atoms with E-state index in [1.807, 2.05) is 6.07 Å². The fraction of sp³-hybridized carbons (Fsp3) is 0.154. The number of aromatic nitrogens is 2. The zero-order valence-corrected chi connectivity index (χ0v) is 19.8. The van der Waals surface area contributed by atoms with Crippen LogP contribution in [0.5, 0.6) is 0 Å². The van der Waals surface area contributed by atoms with Crippen LogP contribution in [0.3, 0.4) is 0 Å². The number of benzene rings is 3. The Labute approximate surface area is 202 Å². The summed E-state index contributed by atoms with van der Waals surface area (Å²) in [5, 5.41) is 7.32. The van der Waals surface area contributed by atoms with E-state index in [2.05, 4.69) is 10.4 Å². The van der Waals surface area contributed by atoms with Crippen LogP contribution in [-0.4, -0.2) is 31.2 Å². The Balaban J connectivity index is 1.42. The van der Waals surface area contributed by atoms with E-state index < -0.39 is 15.9 Å². The van der Waals surface area contributed by atoms with Crippen LogP contribution in [0.15, 0.2) is 83.8 Å². The summed E-state index contributed by atoms with van der Waals surface area (Å²) in [7, 11) is -2.34. The first-order valence-electron chi connectivity index (χ1n) is 11.2. The molecular formula is C26H23FN4O3S. The standard InChI is InChI=1S/C26H23FN4O3S/c1-30(20-8-3-2-4-9-20)35(33,34)22-10-5-7-19(17-22)28-26(32)25-23-11-6-12-24(23)31(29-25)21-15-13-18(27)14-16-21/h2-5,7-10,13-17H,6,11-12H2,1H3,(H,28,32). The van der Waals surface area contributed by atoms with Gasteiger partial charge in [0, 0.05) is 24.0 Å². The maximum absolute atomic E-state index is 13.4. The molecule has 0 atom stereocenters. The van der Waals surface area contributed by atoms with Gasteiger partial charge in [-0.05, 0) is 73.9 Å². The highest BCUT2D eigenvalue weighted by Crippen LogP contribution is 2.29. The van der Waals surface area contributed by atoms with Gasteiger partial charge in [-0.15, -0.1) is 0 Å². The van der Waals surface area contributed by atoms with Crippen molar-refractivity contribution in [3.05, 3.63) is 102 Å². The number of fused-ring (bicyclic) bond motifs is 1. The van der Waals surface area contributed by atoms with E-state index in [0.717, 1.165) is 30.5 Å². The molecule has 0 unspecified atom stereocenters. The van der Waals surface area contributed by atoms with Crippen LogP contribution in [0.4, 0.5) is 15.8 Å². The van der Waals surface area contributed by atoms with Gasteiger partial charge in [0.15, 0.2) is 5.69 Å². The number of halogens is 1. The monoisotopic (exact) mass is 490 g/mol. The summed E-state index contributed by atoms with van der Waals surface area (Å²) >= 11 is 0. The minimum absolute atomic E-state index is 0.0590. The van der Waals surface area contributed by atoms with Crippen LogP contribution in [-0.2, 0) is 22.9 Å². The molecule has 3 aromatic carbocycles. The normalized spacial score (nSPS) is 12.9. The SMILES string of the molecule is CN(c1ccccc1)S(=O)(=O)c1cccc(NC(=O)c2nn(-c3ccc(F)cc3)c3c2CCC3)c1. The molecule has 0 bridgehead atoms. The number of anilines is 2. The van der Waals surface area contributed by atoms with Crippen molar-refractivity contribution in [3.63, 3.8) is 0 Å². The third kappa shape index (κ3) is 4.30. The highest BCUT2D eigenvalue weighted by atomic mass is 32.2. The number of para-hydroxylation sites is 1. The summed E-state index contributed by atoms with van der Waals surface area (Å²) in [5.41, 5.74) is 3.64. The van der Waals surface area contributed by atoms with Crippen molar-refractivity contribution in [1.29, 1.82) is 0 Å². The first-order chi connectivity index (χ1) is 16.8. The third-order valence-corrected chi connectivity index (χ3v) is 7.87. The molecule has 0 fully saturated rings. The zero-order chi connectivity index (χ0) is 24.6. The highest BCUT2D eigenvalue weighted by Gasteiger charge is 2.27. The van der Waals surface area contributed by atoms with E-state index in [1.54, 1.807) is 53.2 Å². The van der Waals surface area contributed by atoms with Gasteiger partial charge in [-0.3, -0.25) is 9.10 Å². The molecule has 35 heavy (non-hydrogen) atoms. The lowest BCUT2D eigenvalue weighted by Crippen LogP contribution is -2.26. The van der Waals surface area contributed by atoms with Crippen molar-refractivity contribution < 1.29 is 17.6 Å². The Morgan fingerprint density at radius 3 is 2.49 bits per heavy atom. The van der Waals surface area contributed by atoms with Gasteiger partial charge in [-0.2, -0.15) is 5.10 Å². The van der Waals surface area contributed by atoms with E-state index in [-0.39, 0.29) is 16.4 Å². The molecule has 4 aromatic rings. The third-order valence-electron chi connectivity index (χ3n) is 6.09. The predicted molar refractivity (Wildman–Crippen MR) is 132 cm³/mol. The van der Waals surface area contributed by atoms with Crippen LogP contribution in [0.25, 0.3) is 5.69 Å². The van der Waals surface area contributed by atoms with Crippen molar-refractivity contribution in [2.24, 2.45) is 0 Å². The number of nitrogens with one attached hydrogen (secondary N) is 1. The molecule has 0 spiro atoms. The van der Waals surface area contributed by atoms with Crippen LogP contribution < -0.4 is 9.62 Å². The number of amides is 1. The lowest BCUT2D eigenvalue weighted by molar-refractivity contribution is 0.102. The minimum Gasteiger partial charge on any atom is -0.321 e. The van der Waals surface area contributed by atoms with Crippen molar-refractivity contribution >= 4 is 27.3 Å². The molecule has 1 N–H and O–H groups in total. The molecule has 0 radical (unpaired) electrons. The van der Waals surface area contributed by atoms with Gasteiger partial charge < -0.3 is 5.32 Å². The lowest BCUT2D eigenvalue weighted by Gasteiger charge is -2.19. The van der Waals surface area contributed by atoms with Crippen molar-refractivity contribution in [2.75, 3.05) is 16.7 Å². The number of carbonyl (C=O) groups excluding carboxylic acids is 1. The molecule has 0 aliphatic heterocycles. The Hall–Kier alpha value is -3.98. The zero-order valence-electron chi connectivity index (χ0n) is 19.0. The molecule has 178 valence electrons. The number of nitrogens with zero attached hydrogens (tertiary/aromatic N) is 3. The maximum Gasteiger partial charge on any atom is 0.276 e. The Morgan fingerprint density at radius 2 is 1.74 bits per heavy atom. The number of rotatable bonds is 6. The molecule has 0 saturated carbocycles. The number of carbonyl (C=O) groups is 1. The largest absolute Gasteiger partial charge is 0.321 e. The second-order valence-electron chi connectivity index (χ2n) is 8.31. The van der Waals surface area contributed by atoms with Crippen LogP contribution in [0.2, 0.25) is 0 Å². The Bertz CT molecular complexity index is 1500. The molecule has 1 aliphatic rings. The molecular weight excluding hydrogens is 467 g/mol. The van der Waals surface area contributed by atoms with Gasteiger partial charge in [0.2, 0.25) is 0 Å². The Morgan fingerprint density at radius 1 is 1.00 bits per heavy atom. The van der Waals surface area contributed by atoms with Gasteiger partial charge in [-0.1, -0.05) is 24.3 Å². The molecule has 1 amide bonds. The minimum atomic E-state index is -3.83. The molecule has 1 aromatic heterocycles. The lowest BCUT2D eigenvalue weighted by atomic mass is 10.2. The summed E-state index contributed by atoms with van der Waals surface area (Å²) in [5.74, 6) is -0.766. The van der Waals surface area contributed by atoms with Gasteiger partial charge >= 0.3 is 0 Å². The fourth-order valence-electron chi connectivity index (χ4n) is 4.28. The van der Waals surface area contributed by atoms with Crippen LogP contribution >= 0.6 is 0 Å². The number of hydrogen-bond acceptors (Lipinski definition) is 4. The van der Waals surface area contributed by atoms with Gasteiger partial charge in [-0.25, -0.2) is 17.5 Å².